The largest absolute Gasteiger partial charge is 0.390 e. The van der Waals surface area contributed by atoms with Crippen LogP contribution in [-0.4, -0.2) is 10.7 Å². The highest BCUT2D eigenvalue weighted by Crippen LogP contribution is 2.39. The van der Waals surface area contributed by atoms with Crippen molar-refractivity contribution in [1.29, 1.82) is 0 Å². The highest BCUT2D eigenvalue weighted by atomic mass is 79.9. The lowest BCUT2D eigenvalue weighted by Crippen LogP contribution is -2.09. The van der Waals surface area contributed by atoms with E-state index in [0.29, 0.717) is 10.9 Å². The van der Waals surface area contributed by atoms with E-state index in [4.69, 9.17) is 0 Å². The molecule has 0 radical (unpaired) electrons. The summed E-state index contributed by atoms with van der Waals surface area (Å²) >= 11 is 3.02. The molecular weight excluding hydrogens is 266 g/mol. The maximum absolute atomic E-state index is 13.4. The second-order valence-electron chi connectivity index (χ2n) is 4.07. The van der Waals surface area contributed by atoms with Gasteiger partial charge in [-0.25, -0.2) is 8.78 Å². The maximum Gasteiger partial charge on any atom is 0.130 e. The van der Waals surface area contributed by atoms with Crippen molar-refractivity contribution in [2.75, 3.05) is 0 Å². The normalized spacial score (nSPS) is 17.9. The number of benzene rings is 1. The maximum atomic E-state index is 13.4. The van der Waals surface area contributed by atoms with Crippen molar-refractivity contribution in [1.82, 2.24) is 0 Å². The predicted octanol–water partition coefficient (Wildman–Crippen LogP) is 3.18. The molecule has 1 N–H and O–H groups in total. The molecule has 1 aliphatic rings. The standard InChI is InChI=1S/C11H11BrF2O/c12-7-5-9(13)8(10(14)6-7)1-2-11(15)3-4-11/h5-6,15H,1-4H2. The van der Waals surface area contributed by atoms with E-state index < -0.39 is 17.2 Å². The van der Waals surface area contributed by atoms with Gasteiger partial charge in [-0.2, -0.15) is 0 Å². The minimum atomic E-state index is -0.661. The van der Waals surface area contributed by atoms with E-state index in [1.165, 1.54) is 12.1 Å². The third kappa shape index (κ3) is 2.55. The fourth-order valence-electron chi connectivity index (χ4n) is 1.56. The van der Waals surface area contributed by atoms with Crippen LogP contribution in [0.1, 0.15) is 24.8 Å². The van der Waals surface area contributed by atoms with Crippen molar-refractivity contribution < 1.29 is 13.9 Å². The van der Waals surface area contributed by atoms with Crippen molar-refractivity contribution >= 4 is 15.9 Å². The van der Waals surface area contributed by atoms with E-state index in [0.717, 1.165) is 12.8 Å². The van der Waals surface area contributed by atoms with Gasteiger partial charge in [0.05, 0.1) is 5.60 Å². The van der Waals surface area contributed by atoms with Crippen LogP contribution in [0.25, 0.3) is 0 Å². The van der Waals surface area contributed by atoms with Crippen LogP contribution >= 0.6 is 15.9 Å². The molecule has 15 heavy (non-hydrogen) atoms. The Morgan fingerprint density at radius 1 is 1.27 bits per heavy atom. The molecular formula is C11H11BrF2O. The zero-order valence-electron chi connectivity index (χ0n) is 8.06. The second kappa shape index (κ2) is 3.83. The molecule has 4 heteroatoms. The van der Waals surface area contributed by atoms with Gasteiger partial charge in [0.2, 0.25) is 0 Å². The monoisotopic (exact) mass is 276 g/mol. The molecule has 1 nitrogen and oxygen atoms in total. The average Bonchev–Trinajstić information content (AvgIpc) is 2.82. The van der Waals surface area contributed by atoms with E-state index >= 15 is 0 Å². The predicted molar refractivity (Wildman–Crippen MR) is 56.6 cm³/mol. The van der Waals surface area contributed by atoms with Gasteiger partial charge in [0.15, 0.2) is 0 Å². The molecule has 1 saturated carbocycles. The molecule has 0 heterocycles. The van der Waals surface area contributed by atoms with Gasteiger partial charge in [0.1, 0.15) is 11.6 Å². The van der Waals surface area contributed by atoms with E-state index in [9.17, 15) is 13.9 Å². The number of rotatable bonds is 3. The van der Waals surface area contributed by atoms with E-state index in [2.05, 4.69) is 15.9 Å². The first-order valence-electron chi connectivity index (χ1n) is 4.86. The van der Waals surface area contributed by atoms with Crippen LogP contribution in [0.4, 0.5) is 8.78 Å². The Balaban J connectivity index is 2.13. The third-order valence-electron chi connectivity index (χ3n) is 2.77. The Bertz CT molecular complexity index is 365. The zero-order valence-corrected chi connectivity index (χ0v) is 9.65. The smallest absolute Gasteiger partial charge is 0.130 e. The molecule has 0 saturated heterocycles. The lowest BCUT2D eigenvalue weighted by atomic mass is 10.0. The van der Waals surface area contributed by atoms with Crippen LogP contribution in [0.3, 0.4) is 0 Å². The SMILES string of the molecule is OC1(CCc2c(F)cc(Br)cc2F)CC1. The van der Waals surface area contributed by atoms with Crippen LogP contribution in [0.5, 0.6) is 0 Å². The van der Waals surface area contributed by atoms with E-state index in [-0.39, 0.29) is 12.0 Å². The van der Waals surface area contributed by atoms with Crippen molar-refractivity contribution in [3.63, 3.8) is 0 Å². The first kappa shape index (κ1) is 11.0. The summed E-state index contributed by atoms with van der Waals surface area (Å²) in [5.41, 5.74) is -0.593. The fourth-order valence-corrected chi connectivity index (χ4v) is 1.96. The molecule has 82 valence electrons. The minimum absolute atomic E-state index is 0.0681. The summed E-state index contributed by atoms with van der Waals surface area (Å²) in [6, 6.07) is 2.49. The molecule has 1 fully saturated rings. The van der Waals surface area contributed by atoms with E-state index in [1.54, 1.807) is 0 Å². The summed E-state index contributed by atoms with van der Waals surface area (Å²) < 4.78 is 27.1. The van der Waals surface area contributed by atoms with Gasteiger partial charge >= 0.3 is 0 Å². The molecule has 0 aliphatic heterocycles. The Labute approximate surface area is 95.2 Å². The Morgan fingerprint density at radius 2 is 1.80 bits per heavy atom. The Hall–Kier alpha value is -0.480. The second-order valence-corrected chi connectivity index (χ2v) is 4.99. The summed E-state index contributed by atoms with van der Waals surface area (Å²) in [4.78, 5) is 0. The van der Waals surface area contributed by atoms with Crippen molar-refractivity contribution in [3.05, 3.63) is 33.8 Å². The van der Waals surface area contributed by atoms with Gasteiger partial charge in [-0.3, -0.25) is 0 Å². The van der Waals surface area contributed by atoms with E-state index in [1.807, 2.05) is 0 Å². The van der Waals surface area contributed by atoms with Crippen molar-refractivity contribution in [2.24, 2.45) is 0 Å². The number of aliphatic hydroxyl groups is 1. The molecule has 0 aromatic heterocycles. The minimum Gasteiger partial charge on any atom is -0.390 e. The topological polar surface area (TPSA) is 20.2 Å². The number of halogens is 3. The molecule has 0 spiro atoms. The van der Waals surface area contributed by atoms with Gasteiger partial charge in [0.25, 0.3) is 0 Å². The van der Waals surface area contributed by atoms with Crippen LogP contribution in [0.2, 0.25) is 0 Å². The average molecular weight is 277 g/mol. The molecule has 1 aromatic carbocycles. The molecule has 1 aromatic rings. The van der Waals surface area contributed by atoms with Gasteiger partial charge in [0, 0.05) is 10.0 Å². The van der Waals surface area contributed by atoms with Gasteiger partial charge in [-0.1, -0.05) is 15.9 Å². The molecule has 0 bridgehead atoms. The number of hydrogen-bond donors (Lipinski definition) is 1. The molecule has 0 unspecified atom stereocenters. The van der Waals surface area contributed by atoms with Crippen molar-refractivity contribution in [2.45, 2.75) is 31.3 Å². The molecule has 1 aliphatic carbocycles. The van der Waals surface area contributed by atoms with Crippen LogP contribution in [0, 0.1) is 11.6 Å². The summed E-state index contributed by atoms with van der Waals surface area (Å²) in [5, 5.41) is 9.57. The summed E-state index contributed by atoms with van der Waals surface area (Å²) in [6.45, 7) is 0. The zero-order chi connectivity index (χ0) is 11.1. The first-order valence-corrected chi connectivity index (χ1v) is 5.65. The van der Waals surface area contributed by atoms with Crippen LogP contribution < -0.4 is 0 Å². The Morgan fingerprint density at radius 3 is 2.27 bits per heavy atom. The van der Waals surface area contributed by atoms with Gasteiger partial charge in [-0.15, -0.1) is 0 Å². The Kier molecular flexibility index (Phi) is 2.81. The lowest BCUT2D eigenvalue weighted by molar-refractivity contribution is 0.140. The van der Waals surface area contributed by atoms with Crippen molar-refractivity contribution in [3.8, 4) is 0 Å². The highest BCUT2D eigenvalue weighted by Gasteiger charge is 2.39. The molecule has 0 amide bonds. The summed E-state index contributed by atoms with van der Waals surface area (Å²) in [5.74, 6) is -1.10. The van der Waals surface area contributed by atoms with Crippen LogP contribution in [0.15, 0.2) is 16.6 Å². The van der Waals surface area contributed by atoms with Crippen LogP contribution in [-0.2, 0) is 6.42 Å². The fraction of sp³-hybridized carbons (Fsp3) is 0.455. The highest BCUT2D eigenvalue weighted by molar-refractivity contribution is 9.10. The number of hydrogen-bond acceptors (Lipinski definition) is 1. The summed E-state index contributed by atoms with van der Waals surface area (Å²) in [7, 11) is 0. The lowest BCUT2D eigenvalue weighted by Gasteiger charge is -2.09. The quantitative estimate of drug-likeness (QED) is 0.899. The van der Waals surface area contributed by atoms with Gasteiger partial charge < -0.3 is 5.11 Å². The first-order chi connectivity index (χ1) is 7.00. The molecule has 2 rings (SSSR count). The third-order valence-corrected chi connectivity index (χ3v) is 3.23. The van der Waals surface area contributed by atoms with Gasteiger partial charge in [-0.05, 0) is 37.8 Å². The molecule has 0 atom stereocenters. The summed E-state index contributed by atoms with van der Waals surface area (Å²) in [6.07, 6.45) is 2.17.